The third kappa shape index (κ3) is 5.53. The number of alkyl halides is 1. The molecule has 0 radical (unpaired) electrons. The van der Waals surface area contributed by atoms with E-state index in [9.17, 15) is 0 Å². The minimum absolute atomic E-state index is 0.308. The summed E-state index contributed by atoms with van der Waals surface area (Å²) in [6.07, 6.45) is 1.65. The second-order valence-electron chi connectivity index (χ2n) is 4.52. The molecule has 0 amide bonds. The summed E-state index contributed by atoms with van der Waals surface area (Å²) in [5.41, 5.74) is 0.308. The Hall–Kier alpha value is 0.907. The zero-order chi connectivity index (χ0) is 9.78. The van der Waals surface area contributed by atoms with Crippen LogP contribution in [0.5, 0.6) is 0 Å². The molecule has 0 aromatic rings. The molecule has 12 heavy (non-hydrogen) atoms. The summed E-state index contributed by atoms with van der Waals surface area (Å²) in [5, 5.41) is 0. The van der Waals surface area contributed by atoms with Gasteiger partial charge in [0.15, 0.2) is 9.04 Å². The molecule has 1 atom stereocenters. The van der Waals surface area contributed by atoms with Crippen LogP contribution in [0.2, 0.25) is 13.1 Å². The van der Waals surface area contributed by atoms with Gasteiger partial charge in [0.05, 0.1) is 6.10 Å². The first-order valence-corrected chi connectivity index (χ1v) is 8.90. The maximum atomic E-state index is 5.99. The zero-order valence-electron chi connectivity index (χ0n) is 8.86. The summed E-state index contributed by atoms with van der Waals surface area (Å²) in [5.74, 6) is 0. The van der Waals surface area contributed by atoms with E-state index in [0.717, 1.165) is 0 Å². The smallest absolute Gasteiger partial charge is 0.171 e. The van der Waals surface area contributed by atoms with Crippen molar-refractivity contribution in [1.29, 1.82) is 0 Å². The van der Waals surface area contributed by atoms with Gasteiger partial charge in [0, 0.05) is 4.43 Å². The second-order valence-corrected chi connectivity index (χ2v) is 7.97. The Morgan fingerprint density at radius 1 is 1.33 bits per heavy atom. The van der Waals surface area contributed by atoms with Crippen molar-refractivity contribution >= 4 is 31.6 Å². The lowest BCUT2D eigenvalue weighted by Crippen LogP contribution is -2.33. The zero-order valence-corrected chi connectivity index (χ0v) is 12.2. The fourth-order valence-electron chi connectivity index (χ4n) is 1.13. The van der Waals surface area contributed by atoms with E-state index in [2.05, 4.69) is 56.5 Å². The molecule has 1 unspecified atom stereocenters. The fraction of sp³-hybridized carbons (Fsp3) is 1.00. The van der Waals surface area contributed by atoms with E-state index in [1.165, 1.54) is 10.8 Å². The molecule has 0 bridgehead atoms. The molecular weight excluding hydrogens is 279 g/mol. The molecular formula is C9H21IOSi. The van der Waals surface area contributed by atoms with Crippen LogP contribution < -0.4 is 0 Å². The molecule has 0 aromatic carbocycles. The average Bonchev–Trinajstić information content (AvgIpc) is 1.83. The lowest BCUT2D eigenvalue weighted by atomic mass is 9.88. The lowest BCUT2D eigenvalue weighted by molar-refractivity contribution is 0.0847. The Bertz CT molecular complexity index is 120. The Balaban J connectivity index is 4.04. The van der Waals surface area contributed by atoms with Crippen molar-refractivity contribution in [3.63, 3.8) is 0 Å². The van der Waals surface area contributed by atoms with Gasteiger partial charge >= 0.3 is 0 Å². The van der Waals surface area contributed by atoms with Crippen LogP contribution in [0.15, 0.2) is 0 Å². The van der Waals surface area contributed by atoms with Crippen molar-refractivity contribution in [2.75, 3.05) is 4.43 Å². The highest BCUT2D eigenvalue weighted by Crippen LogP contribution is 2.26. The second kappa shape index (κ2) is 5.60. The molecule has 1 nitrogen and oxygen atoms in total. The van der Waals surface area contributed by atoms with E-state index >= 15 is 0 Å². The molecule has 3 heteroatoms. The maximum absolute atomic E-state index is 5.99. The van der Waals surface area contributed by atoms with E-state index in [4.69, 9.17) is 4.43 Å². The number of hydrogen-bond acceptors (Lipinski definition) is 1. The van der Waals surface area contributed by atoms with Crippen molar-refractivity contribution in [2.24, 2.45) is 5.41 Å². The first kappa shape index (κ1) is 12.9. The van der Waals surface area contributed by atoms with Crippen LogP contribution in [0.3, 0.4) is 0 Å². The first-order valence-electron chi connectivity index (χ1n) is 4.59. The summed E-state index contributed by atoms with van der Waals surface area (Å²) in [4.78, 5) is 0. The molecule has 0 rings (SSSR count). The van der Waals surface area contributed by atoms with E-state index in [0.29, 0.717) is 11.5 Å². The van der Waals surface area contributed by atoms with Gasteiger partial charge in [-0.25, -0.2) is 0 Å². The van der Waals surface area contributed by atoms with Crippen LogP contribution in [-0.4, -0.2) is 19.6 Å². The van der Waals surface area contributed by atoms with Crippen LogP contribution in [0.25, 0.3) is 0 Å². The van der Waals surface area contributed by atoms with Gasteiger partial charge in [0.1, 0.15) is 0 Å². The lowest BCUT2D eigenvalue weighted by Gasteiger charge is -2.32. The quantitative estimate of drug-likeness (QED) is 0.440. The van der Waals surface area contributed by atoms with E-state index in [1.807, 2.05) is 0 Å². The maximum Gasteiger partial charge on any atom is 0.171 e. The van der Waals surface area contributed by atoms with Gasteiger partial charge in [0.2, 0.25) is 0 Å². The van der Waals surface area contributed by atoms with Gasteiger partial charge in [-0.2, -0.15) is 0 Å². The highest BCUT2D eigenvalue weighted by atomic mass is 127. The summed E-state index contributed by atoms with van der Waals surface area (Å²) in [6, 6.07) is 0. The first-order chi connectivity index (χ1) is 5.38. The highest BCUT2D eigenvalue weighted by Gasteiger charge is 2.25. The molecule has 0 aliphatic heterocycles. The van der Waals surface area contributed by atoms with Gasteiger partial charge in [-0.1, -0.05) is 43.4 Å². The highest BCUT2D eigenvalue weighted by molar-refractivity contribution is 14.1. The summed E-state index contributed by atoms with van der Waals surface area (Å²) < 4.78 is 7.18. The molecule has 0 N–H and O–H groups in total. The third-order valence-electron chi connectivity index (χ3n) is 1.77. The summed E-state index contributed by atoms with van der Waals surface area (Å²) >= 11 is 2.42. The minimum atomic E-state index is -0.863. The van der Waals surface area contributed by atoms with Crippen molar-refractivity contribution in [1.82, 2.24) is 0 Å². The van der Waals surface area contributed by atoms with Crippen molar-refractivity contribution < 1.29 is 4.43 Å². The van der Waals surface area contributed by atoms with Crippen LogP contribution in [0.4, 0.5) is 0 Å². The van der Waals surface area contributed by atoms with Gasteiger partial charge in [-0.05, 0) is 24.9 Å². The van der Waals surface area contributed by atoms with Gasteiger partial charge in [0.25, 0.3) is 0 Å². The topological polar surface area (TPSA) is 9.23 Å². The summed E-state index contributed by atoms with van der Waals surface area (Å²) in [7, 11) is -0.863. The standard InChI is InChI=1S/C9H21IOSi/c1-9(2,3)8(6-7-10)11-12(4)5/h8,12H,6-7H2,1-5H3. The molecule has 0 heterocycles. The molecule has 0 aliphatic rings. The van der Waals surface area contributed by atoms with Crippen LogP contribution in [0.1, 0.15) is 27.2 Å². The molecule has 0 fully saturated rings. The Kier molecular flexibility index (Phi) is 6.02. The SMILES string of the molecule is C[SiH](C)OC(CCI)C(C)(C)C. The van der Waals surface area contributed by atoms with E-state index in [-0.39, 0.29) is 0 Å². The number of halogens is 1. The molecule has 74 valence electrons. The van der Waals surface area contributed by atoms with Gasteiger partial charge in [-0.15, -0.1) is 0 Å². The number of rotatable bonds is 4. The molecule has 0 saturated heterocycles. The van der Waals surface area contributed by atoms with Crippen LogP contribution in [-0.2, 0) is 4.43 Å². The minimum Gasteiger partial charge on any atom is -0.417 e. The predicted molar refractivity (Wildman–Crippen MR) is 66.7 cm³/mol. The normalized spacial score (nSPS) is 15.2. The van der Waals surface area contributed by atoms with Gasteiger partial charge < -0.3 is 4.43 Å². The third-order valence-corrected chi connectivity index (χ3v) is 3.27. The molecule has 0 spiro atoms. The monoisotopic (exact) mass is 300 g/mol. The van der Waals surface area contributed by atoms with E-state index < -0.39 is 9.04 Å². The fourth-order valence-corrected chi connectivity index (χ4v) is 2.90. The largest absolute Gasteiger partial charge is 0.417 e. The number of hydrogen-bond donors (Lipinski definition) is 0. The van der Waals surface area contributed by atoms with E-state index in [1.54, 1.807) is 0 Å². The van der Waals surface area contributed by atoms with Crippen molar-refractivity contribution in [3.8, 4) is 0 Å². The van der Waals surface area contributed by atoms with Crippen molar-refractivity contribution in [2.45, 2.75) is 46.4 Å². The molecule has 0 aliphatic carbocycles. The summed E-state index contributed by atoms with van der Waals surface area (Å²) in [6.45, 7) is 11.3. The van der Waals surface area contributed by atoms with Crippen LogP contribution >= 0.6 is 22.6 Å². The Labute approximate surface area is 92.1 Å². The van der Waals surface area contributed by atoms with Crippen molar-refractivity contribution in [3.05, 3.63) is 0 Å². The molecule has 0 saturated carbocycles. The average molecular weight is 300 g/mol. The Morgan fingerprint density at radius 2 is 1.83 bits per heavy atom. The Morgan fingerprint density at radius 3 is 2.08 bits per heavy atom. The van der Waals surface area contributed by atoms with Crippen LogP contribution in [0, 0.1) is 5.41 Å². The van der Waals surface area contributed by atoms with Gasteiger partial charge in [-0.3, -0.25) is 0 Å². The molecule has 0 aromatic heterocycles. The predicted octanol–water partition coefficient (Wildman–Crippen LogP) is 3.23.